The van der Waals surface area contributed by atoms with Gasteiger partial charge in [0.15, 0.2) is 11.5 Å². The van der Waals surface area contributed by atoms with E-state index in [4.69, 9.17) is 21.1 Å². The van der Waals surface area contributed by atoms with Crippen LogP contribution in [0.4, 0.5) is 4.39 Å². The zero-order chi connectivity index (χ0) is 21.6. The summed E-state index contributed by atoms with van der Waals surface area (Å²) in [4.78, 5) is 1.99. The van der Waals surface area contributed by atoms with E-state index in [1.165, 1.54) is 13.3 Å². The number of halogens is 2. The number of nitrogens with one attached hydrogen (secondary N) is 1. The van der Waals surface area contributed by atoms with Crippen molar-refractivity contribution in [1.82, 2.24) is 4.83 Å². The van der Waals surface area contributed by atoms with Crippen LogP contribution in [0.5, 0.6) is 11.5 Å². The van der Waals surface area contributed by atoms with E-state index in [-0.39, 0.29) is 4.90 Å². The lowest BCUT2D eigenvalue weighted by atomic mass is 10.2. The van der Waals surface area contributed by atoms with E-state index in [9.17, 15) is 12.8 Å². The minimum atomic E-state index is -3.90. The fourth-order valence-electron chi connectivity index (χ4n) is 2.51. The molecule has 0 amide bonds. The van der Waals surface area contributed by atoms with E-state index in [0.29, 0.717) is 28.7 Å². The van der Waals surface area contributed by atoms with Crippen LogP contribution in [0.2, 0.25) is 5.02 Å². The van der Waals surface area contributed by atoms with Crippen molar-refractivity contribution in [3.63, 3.8) is 0 Å². The van der Waals surface area contributed by atoms with Gasteiger partial charge < -0.3 is 9.47 Å². The van der Waals surface area contributed by atoms with Crippen molar-refractivity contribution in [3.05, 3.63) is 88.7 Å². The average Bonchev–Trinajstić information content (AvgIpc) is 2.73. The lowest BCUT2D eigenvalue weighted by Crippen LogP contribution is -2.18. The van der Waals surface area contributed by atoms with Gasteiger partial charge >= 0.3 is 0 Å². The van der Waals surface area contributed by atoms with Gasteiger partial charge in [-0.05, 0) is 65.7 Å². The number of hydrogen-bond donors (Lipinski definition) is 1. The lowest BCUT2D eigenvalue weighted by Gasteiger charge is -2.11. The van der Waals surface area contributed by atoms with Crippen molar-refractivity contribution < 1.29 is 22.3 Å². The Hall–Kier alpha value is -3.10. The van der Waals surface area contributed by atoms with Gasteiger partial charge in [0.25, 0.3) is 10.0 Å². The number of ether oxygens (including phenoxy) is 2. The molecule has 3 aromatic carbocycles. The first-order valence-corrected chi connectivity index (χ1v) is 10.6. The molecule has 3 aromatic rings. The highest BCUT2D eigenvalue weighted by atomic mass is 35.5. The zero-order valence-electron chi connectivity index (χ0n) is 15.9. The SMILES string of the molecule is COc1cc(/C=N/NS(=O)(=O)c2ccc(F)cc2)ccc1OCc1cccc(Cl)c1. The van der Waals surface area contributed by atoms with Crippen LogP contribution in [0.3, 0.4) is 0 Å². The molecule has 0 fully saturated rings. The molecule has 0 spiro atoms. The molecule has 0 atom stereocenters. The van der Waals surface area contributed by atoms with Crippen molar-refractivity contribution >= 4 is 27.8 Å². The summed E-state index contributed by atoms with van der Waals surface area (Å²) in [6.07, 6.45) is 1.32. The topological polar surface area (TPSA) is 77.0 Å². The van der Waals surface area contributed by atoms with E-state index in [0.717, 1.165) is 29.8 Å². The first-order valence-electron chi connectivity index (χ1n) is 8.73. The normalized spacial score (nSPS) is 11.4. The Labute approximate surface area is 179 Å². The van der Waals surface area contributed by atoms with Crippen LogP contribution >= 0.6 is 11.6 Å². The minimum absolute atomic E-state index is 0.0941. The molecular formula is C21H18ClFN2O4S. The Kier molecular flexibility index (Phi) is 6.91. The highest BCUT2D eigenvalue weighted by molar-refractivity contribution is 7.89. The standard InChI is InChI=1S/C21H18ClFN2O4S/c1-28-21-12-15(5-10-20(21)29-14-16-3-2-4-17(22)11-16)13-24-25-30(26,27)19-8-6-18(23)7-9-19/h2-13,25H,14H2,1H3/b24-13+. The molecule has 0 radical (unpaired) electrons. The number of benzene rings is 3. The third-order valence-corrected chi connectivity index (χ3v) is 5.46. The van der Waals surface area contributed by atoms with Crippen LogP contribution in [0.25, 0.3) is 0 Å². The van der Waals surface area contributed by atoms with Crippen LogP contribution in [0, 0.1) is 5.82 Å². The van der Waals surface area contributed by atoms with Crippen LogP contribution in [0.1, 0.15) is 11.1 Å². The maximum absolute atomic E-state index is 12.9. The van der Waals surface area contributed by atoms with Gasteiger partial charge in [0, 0.05) is 5.02 Å². The molecule has 3 rings (SSSR count). The summed E-state index contributed by atoms with van der Waals surface area (Å²) in [5, 5.41) is 4.38. The highest BCUT2D eigenvalue weighted by Gasteiger charge is 2.12. The number of hydrazone groups is 1. The fourth-order valence-corrected chi connectivity index (χ4v) is 3.51. The van der Waals surface area contributed by atoms with Crippen molar-refractivity contribution in [2.75, 3.05) is 7.11 Å². The number of nitrogens with zero attached hydrogens (tertiary/aromatic N) is 1. The van der Waals surface area contributed by atoms with Crippen molar-refractivity contribution in [2.24, 2.45) is 5.10 Å². The Balaban J connectivity index is 1.67. The molecule has 6 nitrogen and oxygen atoms in total. The smallest absolute Gasteiger partial charge is 0.276 e. The molecule has 1 N–H and O–H groups in total. The van der Waals surface area contributed by atoms with E-state index in [1.807, 2.05) is 18.2 Å². The lowest BCUT2D eigenvalue weighted by molar-refractivity contribution is 0.284. The maximum atomic E-state index is 12.9. The van der Waals surface area contributed by atoms with Gasteiger partial charge in [0.2, 0.25) is 0 Å². The van der Waals surface area contributed by atoms with Gasteiger partial charge in [0.1, 0.15) is 12.4 Å². The van der Waals surface area contributed by atoms with E-state index in [1.54, 1.807) is 24.3 Å². The van der Waals surface area contributed by atoms with Gasteiger partial charge in [0.05, 0.1) is 18.2 Å². The summed E-state index contributed by atoms with van der Waals surface area (Å²) >= 11 is 5.97. The fraction of sp³-hybridized carbons (Fsp3) is 0.0952. The Morgan fingerprint density at radius 1 is 1.07 bits per heavy atom. The summed E-state index contributed by atoms with van der Waals surface area (Å²) in [5.41, 5.74) is 1.49. The van der Waals surface area contributed by atoms with Crippen molar-refractivity contribution in [2.45, 2.75) is 11.5 Å². The molecule has 30 heavy (non-hydrogen) atoms. The van der Waals surface area contributed by atoms with Gasteiger partial charge in [-0.15, -0.1) is 0 Å². The largest absolute Gasteiger partial charge is 0.493 e. The number of rotatable bonds is 8. The van der Waals surface area contributed by atoms with E-state index >= 15 is 0 Å². The minimum Gasteiger partial charge on any atom is -0.493 e. The Morgan fingerprint density at radius 2 is 1.83 bits per heavy atom. The molecular weight excluding hydrogens is 431 g/mol. The molecule has 0 saturated heterocycles. The molecule has 0 unspecified atom stereocenters. The predicted molar refractivity (Wildman–Crippen MR) is 113 cm³/mol. The first kappa shape index (κ1) is 21.6. The first-order chi connectivity index (χ1) is 14.4. The molecule has 9 heteroatoms. The quantitative estimate of drug-likeness (QED) is 0.410. The second-order valence-corrected chi connectivity index (χ2v) is 8.23. The highest BCUT2D eigenvalue weighted by Crippen LogP contribution is 2.28. The third-order valence-electron chi connectivity index (χ3n) is 3.98. The van der Waals surface area contributed by atoms with E-state index in [2.05, 4.69) is 9.93 Å². The average molecular weight is 449 g/mol. The van der Waals surface area contributed by atoms with Crippen LogP contribution in [-0.4, -0.2) is 21.7 Å². The summed E-state index contributed by atoms with van der Waals surface area (Å²) in [7, 11) is -2.40. The third kappa shape index (κ3) is 5.71. The molecule has 156 valence electrons. The van der Waals surface area contributed by atoms with Crippen molar-refractivity contribution in [1.29, 1.82) is 0 Å². The molecule has 0 aliphatic carbocycles. The number of hydrogen-bond acceptors (Lipinski definition) is 5. The van der Waals surface area contributed by atoms with Gasteiger partial charge in [-0.3, -0.25) is 0 Å². The second kappa shape index (κ2) is 9.60. The van der Waals surface area contributed by atoms with Crippen molar-refractivity contribution in [3.8, 4) is 11.5 Å². The second-order valence-electron chi connectivity index (χ2n) is 6.14. The van der Waals surface area contributed by atoms with Gasteiger partial charge in [-0.2, -0.15) is 13.5 Å². The molecule has 0 heterocycles. The monoisotopic (exact) mass is 448 g/mol. The Morgan fingerprint density at radius 3 is 2.53 bits per heavy atom. The summed E-state index contributed by atoms with van der Waals surface area (Å²) in [6, 6.07) is 16.8. The summed E-state index contributed by atoms with van der Waals surface area (Å²) in [6.45, 7) is 0.307. The van der Waals surface area contributed by atoms with Crippen LogP contribution in [-0.2, 0) is 16.6 Å². The van der Waals surface area contributed by atoms with E-state index < -0.39 is 15.8 Å². The van der Waals surface area contributed by atoms with Crippen LogP contribution in [0.15, 0.2) is 76.7 Å². The van der Waals surface area contributed by atoms with Gasteiger partial charge in [-0.1, -0.05) is 23.7 Å². The molecule has 0 saturated carbocycles. The summed E-state index contributed by atoms with van der Waals surface area (Å²) < 4.78 is 48.4. The predicted octanol–water partition coefficient (Wildman–Crippen LogP) is 4.38. The number of methoxy groups -OCH3 is 1. The number of sulfonamides is 1. The summed E-state index contributed by atoms with van der Waals surface area (Å²) in [5.74, 6) is 0.450. The van der Waals surface area contributed by atoms with Crippen LogP contribution < -0.4 is 14.3 Å². The Bertz CT molecular complexity index is 1150. The molecule has 0 bridgehead atoms. The maximum Gasteiger partial charge on any atom is 0.276 e. The zero-order valence-corrected chi connectivity index (χ0v) is 17.5. The molecule has 0 aliphatic rings. The van der Waals surface area contributed by atoms with Gasteiger partial charge in [-0.25, -0.2) is 9.22 Å². The molecule has 0 aliphatic heterocycles. The molecule has 0 aromatic heterocycles.